The number of carbonyl (C=O) groups excluding carboxylic acids is 5. The molecule has 0 aromatic rings. The van der Waals surface area contributed by atoms with Gasteiger partial charge in [-0.1, -0.05) is 26.2 Å². The molecule has 18 heteroatoms. The van der Waals surface area contributed by atoms with Crippen molar-refractivity contribution in [2.45, 2.75) is 82.5 Å². The number of carboxylic acid groups (broad SMARTS) is 3. The zero-order valence-corrected chi connectivity index (χ0v) is 25.0. The molecule has 0 aromatic heterocycles. The van der Waals surface area contributed by atoms with Crippen molar-refractivity contribution in [1.29, 1.82) is 0 Å². The van der Waals surface area contributed by atoms with Crippen molar-refractivity contribution >= 4 is 47.5 Å². The lowest BCUT2D eigenvalue weighted by Gasteiger charge is -2.25. The number of likely N-dealkylation sites (N-methyl/N-ethyl adjacent to an activating group) is 1. The van der Waals surface area contributed by atoms with E-state index in [9.17, 15) is 48.6 Å². The van der Waals surface area contributed by atoms with Crippen molar-refractivity contribution in [3.8, 4) is 0 Å². The highest BCUT2D eigenvalue weighted by molar-refractivity contribution is 5.98. The van der Waals surface area contributed by atoms with Crippen LogP contribution in [-0.2, 0) is 47.8 Å². The van der Waals surface area contributed by atoms with Crippen molar-refractivity contribution in [2.24, 2.45) is 0 Å². The largest absolute Gasteiger partial charge is 0.481 e. The molecule has 0 aromatic carbocycles. The van der Waals surface area contributed by atoms with Crippen molar-refractivity contribution in [3.05, 3.63) is 0 Å². The molecular weight excluding hydrogens is 590 g/mol. The van der Waals surface area contributed by atoms with Crippen LogP contribution in [0.2, 0.25) is 0 Å². The SMILES string of the molecule is CCCCCCNC(=O)C(CC(=O)O)NC(=O)C(CC(=O)O)NC(=O)C(CC(=O)OCCOC)NC(=O)C(CC(=O)O)NC. The number of nitrogens with one attached hydrogen (secondary N) is 5. The van der Waals surface area contributed by atoms with E-state index < -0.39 is 97.4 Å². The Labute approximate surface area is 254 Å². The third-order valence-corrected chi connectivity index (χ3v) is 5.95. The number of hydrogen-bond acceptors (Lipinski definition) is 11. The summed E-state index contributed by atoms with van der Waals surface area (Å²) in [5.41, 5.74) is 0. The average Bonchev–Trinajstić information content (AvgIpc) is 2.93. The van der Waals surface area contributed by atoms with E-state index in [0.717, 1.165) is 19.3 Å². The number of ether oxygens (including phenoxy) is 2. The molecule has 250 valence electrons. The molecule has 0 rings (SSSR count). The van der Waals surface area contributed by atoms with Crippen LogP contribution < -0.4 is 26.6 Å². The molecule has 0 saturated heterocycles. The molecule has 18 nitrogen and oxygen atoms in total. The van der Waals surface area contributed by atoms with Gasteiger partial charge in [0.05, 0.1) is 38.3 Å². The standard InChI is InChI=1S/C26H43N5O13/c1-4-5-6-7-8-28-23(39)16(12-20(34)35)29-25(41)17(13-21(36)37)30-26(42)18(14-22(38)44-10-9-43-3)31-24(40)15(27-2)11-19(32)33/h15-18,27H,4-14H2,1-3H3,(H,28,39)(H,29,41)(H,30,42)(H,31,40)(H,32,33)(H,34,35)(H,36,37). The Hall–Kier alpha value is -4.32. The van der Waals surface area contributed by atoms with Gasteiger partial charge in [-0.25, -0.2) is 0 Å². The maximum absolute atomic E-state index is 13.2. The van der Waals surface area contributed by atoms with Gasteiger partial charge in [-0.3, -0.25) is 38.4 Å². The summed E-state index contributed by atoms with van der Waals surface area (Å²) in [6.07, 6.45) is -0.0772. The van der Waals surface area contributed by atoms with E-state index in [1.165, 1.54) is 14.2 Å². The van der Waals surface area contributed by atoms with Gasteiger partial charge in [0.15, 0.2) is 0 Å². The Morgan fingerprint density at radius 1 is 0.614 bits per heavy atom. The molecule has 0 bridgehead atoms. The van der Waals surface area contributed by atoms with E-state index in [4.69, 9.17) is 14.6 Å². The van der Waals surface area contributed by atoms with E-state index in [1.54, 1.807) is 0 Å². The molecule has 4 amide bonds. The van der Waals surface area contributed by atoms with Gasteiger partial charge in [0, 0.05) is 13.7 Å². The Kier molecular flexibility index (Phi) is 20.1. The summed E-state index contributed by atoms with van der Waals surface area (Å²) in [4.78, 5) is 97.7. The molecule has 0 aliphatic heterocycles. The lowest BCUT2D eigenvalue weighted by Crippen LogP contribution is -2.59. The van der Waals surface area contributed by atoms with Crippen LogP contribution in [0.1, 0.15) is 58.3 Å². The van der Waals surface area contributed by atoms with Crippen molar-refractivity contribution in [3.63, 3.8) is 0 Å². The maximum atomic E-state index is 13.2. The van der Waals surface area contributed by atoms with E-state index >= 15 is 0 Å². The normalized spacial score (nSPS) is 13.3. The third kappa shape index (κ3) is 17.6. The van der Waals surface area contributed by atoms with Crippen LogP contribution in [0.15, 0.2) is 0 Å². The zero-order valence-electron chi connectivity index (χ0n) is 25.0. The summed E-state index contributed by atoms with van der Waals surface area (Å²) in [6.45, 7) is 2.01. The minimum atomic E-state index is -1.88. The molecule has 0 aliphatic carbocycles. The molecule has 0 radical (unpaired) electrons. The molecule has 0 saturated carbocycles. The summed E-state index contributed by atoms with van der Waals surface area (Å²) >= 11 is 0. The van der Waals surface area contributed by atoms with Gasteiger partial charge >= 0.3 is 23.9 Å². The Morgan fingerprint density at radius 2 is 1.07 bits per heavy atom. The van der Waals surface area contributed by atoms with Gasteiger partial charge in [-0.05, 0) is 13.5 Å². The fourth-order valence-electron chi connectivity index (χ4n) is 3.65. The van der Waals surface area contributed by atoms with Crippen LogP contribution in [0, 0.1) is 0 Å². The van der Waals surface area contributed by atoms with Gasteiger partial charge in [0.25, 0.3) is 0 Å². The van der Waals surface area contributed by atoms with Crippen LogP contribution in [0.25, 0.3) is 0 Å². The second kappa shape index (κ2) is 22.3. The quantitative estimate of drug-likeness (QED) is 0.0411. The Balaban J connectivity index is 5.89. The first-order valence-electron chi connectivity index (χ1n) is 13.9. The third-order valence-electron chi connectivity index (χ3n) is 5.95. The van der Waals surface area contributed by atoms with Gasteiger partial charge in [0.1, 0.15) is 24.7 Å². The number of hydrogen-bond donors (Lipinski definition) is 8. The second-order valence-electron chi connectivity index (χ2n) is 9.59. The second-order valence-corrected chi connectivity index (χ2v) is 9.59. The molecule has 0 fully saturated rings. The molecule has 0 heterocycles. The van der Waals surface area contributed by atoms with Gasteiger partial charge in [-0.2, -0.15) is 0 Å². The van der Waals surface area contributed by atoms with Crippen LogP contribution in [0.5, 0.6) is 0 Å². The van der Waals surface area contributed by atoms with Crippen molar-refractivity contribution in [2.75, 3.05) is 33.9 Å². The topological polar surface area (TPSA) is 276 Å². The predicted molar refractivity (Wildman–Crippen MR) is 150 cm³/mol. The number of aliphatic carboxylic acids is 3. The van der Waals surface area contributed by atoms with E-state index in [2.05, 4.69) is 26.6 Å². The molecular formula is C26H43N5O13. The Morgan fingerprint density at radius 3 is 1.52 bits per heavy atom. The van der Waals surface area contributed by atoms with Crippen LogP contribution in [-0.4, -0.2) is 121 Å². The molecule has 4 atom stereocenters. The number of carboxylic acids is 3. The summed E-state index contributed by atoms with van der Waals surface area (Å²) in [7, 11) is 2.62. The molecule has 44 heavy (non-hydrogen) atoms. The first-order chi connectivity index (χ1) is 20.7. The monoisotopic (exact) mass is 633 g/mol. The lowest BCUT2D eigenvalue weighted by atomic mass is 10.1. The van der Waals surface area contributed by atoms with Gasteiger partial charge in [0.2, 0.25) is 23.6 Å². The summed E-state index contributed by atoms with van der Waals surface area (Å²) < 4.78 is 9.67. The molecule has 0 aliphatic rings. The molecule has 0 spiro atoms. The first kappa shape index (κ1) is 39.7. The molecule has 8 N–H and O–H groups in total. The summed E-state index contributed by atoms with van der Waals surface area (Å²) in [6, 6.07) is -6.58. The number of unbranched alkanes of at least 4 members (excludes halogenated alkanes) is 3. The fraction of sp³-hybridized carbons (Fsp3) is 0.692. The van der Waals surface area contributed by atoms with Crippen LogP contribution >= 0.6 is 0 Å². The fourth-order valence-corrected chi connectivity index (χ4v) is 3.65. The number of amides is 4. The minimum absolute atomic E-state index is 0.0140. The highest BCUT2D eigenvalue weighted by Crippen LogP contribution is 2.04. The van der Waals surface area contributed by atoms with E-state index in [-0.39, 0.29) is 19.8 Å². The summed E-state index contributed by atoms with van der Waals surface area (Å²) in [5, 5.41) is 39.0. The van der Waals surface area contributed by atoms with Crippen LogP contribution in [0.3, 0.4) is 0 Å². The number of carbonyl (C=O) groups is 8. The first-order valence-corrected chi connectivity index (χ1v) is 13.9. The van der Waals surface area contributed by atoms with E-state index in [1.807, 2.05) is 6.92 Å². The highest BCUT2D eigenvalue weighted by Gasteiger charge is 2.34. The summed E-state index contributed by atoms with van der Waals surface area (Å²) in [5.74, 6) is -9.61. The lowest BCUT2D eigenvalue weighted by molar-refractivity contribution is -0.148. The highest BCUT2D eigenvalue weighted by atomic mass is 16.6. The smallest absolute Gasteiger partial charge is 0.308 e. The van der Waals surface area contributed by atoms with Gasteiger partial charge < -0.3 is 51.4 Å². The zero-order chi connectivity index (χ0) is 33.7. The van der Waals surface area contributed by atoms with E-state index in [0.29, 0.717) is 6.42 Å². The molecule has 4 unspecified atom stereocenters. The van der Waals surface area contributed by atoms with Crippen molar-refractivity contribution in [1.82, 2.24) is 26.6 Å². The number of esters is 1. The van der Waals surface area contributed by atoms with Crippen molar-refractivity contribution < 1.29 is 63.1 Å². The maximum Gasteiger partial charge on any atom is 0.308 e. The van der Waals surface area contributed by atoms with Gasteiger partial charge in [-0.15, -0.1) is 0 Å². The minimum Gasteiger partial charge on any atom is -0.481 e. The number of rotatable bonds is 24. The predicted octanol–water partition coefficient (Wildman–Crippen LogP) is -2.27. The van der Waals surface area contributed by atoms with Crippen LogP contribution in [0.4, 0.5) is 0 Å². The Bertz CT molecular complexity index is 1010. The number of methoxy groups -OCH3 is 1. The average molecular weight is 634 g/mol.